The average Bonchev–Trinajstić information content (AvgIpc) is 3.33. The highest BCUT2D eigenvalue weighted by molar-refractivity contribution is 6.03. The molecular formula is C45H72ClN3O7. The number of Topliss-reactive ketones (excluding diaryl/α,β-unsaturated/α-hetero) is 1. The van der Waals surface area contributed by atoms with Crippen LogP contribution in [0, 0.1) is 62.6 Å². The zero-order valence-electron chi connectivity index (χ0n) is 36.5. The SMILES string of the molecule is CC(C)C1=C2[C@H]3CC[C@@H]4[C@@]5(C)CC[C@H](OC(=O)[C@H]6C[C@@H](C(=O)O)C6(C)C)C(C)(C)[C@@H]5CC[C@@]4(C)[C@]3(C)CC[C@@]2(NC(=O)C(C)(C)NC(=O)C(C)(C)N)CC1=O.Cl. The van der Waals surface area contributed by atoms with Gasteiger partial charge in [0.15, 0.2) is 5.78 Å². The highest BCUT2D eigenvalue weighted by Crippen LogP contribution is 2.76. The zero-order chi connectivity index (χ0) is 41.3. The number of hydrogen-bond donors (Lipinski definition) is 4. The molecule has 0 aromatic heterocycles. The minimum absolute atomic E-state index is 0. The van der Waals surface area contributed by atoms with Gasteiger partial charge in [0, 0.05) is 11.8 Å². The third-order valence-electron chi connectivity index (χ3n) is 17.4. The Labute approximate surface area is 341 Å². The summed E-state index contributed by atoms with van der Waals surface area (Å²) in [6, 6.07) is 0. The Morgan fingerprint density at radius 2 is 1.43 bits per heavy atom. The topological polar surface area (TPSA) is 165 Å². The minimum atomic E-state index is -1.23. The van der Waals surface area contributed by atoms with Gasteiger partial charge in [-0.2, -0.15) is 0 Å². The molecule has 0 unspecified atom stereocenters. The molecular weight excluding hydrogens is 730 g/mol. The molecule has 2 amide bonds. The van der Waals surface area contributed by atoms with Crippen molar-refractivity contribution in [1.82, 2.24) is 10.6 Å². The van der Waals surface area contributed by atoms with E-state index in [-0.39, 0.29) is 76.1 Å². The summed E-state index contributed by atoms with van der Waals surface area (Å²) in [5, 5.41) is 15.9. The van der Waals surface area contributed by atoms with Crippen LogP contribution in [0.4, 0.5) is 0 Å². The van der Waals surface area contributed by atoms with E-state index in [1.54, 1.807) is 27.7 Å². The summed E-state index contributed by atoms with van der Waals surface area (Å²) in [6.45, 7) is 26.6. The number of nitrogens with one attached hydrogen (secondary N) is 2. The molecule has 11 heteroatoms. The quantitative estimate of drug-likeness (QED) is 0.183. The molecule has 0 aliphatic heterocycles. The lowest BCUT2D eigenvalue weighted by Crippen LogP contribution is -2.69. The van der Waals surface area contributed by atoms with E-state index in [0.29, 0.717) is 24.7 Å². The van der Waals surface area contributed by atoms with Gasteiger partial charge >= 0.3 is 11.9 Å². The fourth-order valence-corrected chi connectivity index (χ4v) is 13.8. The average molecular weight is 803 g/mol. The van der Waals surface area contributed by atoms with Crippen LogP contribution in [0.3, 0.4) is 0 Å². The van der Waals surface area contributed by atoms with Crippen molar-refractivity contribution in [3.05, 3.63) is 11.1 Å². The number of rotatable bonds is 8. The summed E-state index contributed by atoms with van der Waals surface area (Å²) in [7, 11) is 0. The van der Waals surface area contributed by atoms with E-state index in [9.17, 15) is 29.1 Å². The summed E-state index contributed by atoms with van der Waals surface area (Å²) in [5.74, 6) is -1.67. The maximum atomic E-state index is 14.2. The van der Waals surface area contributed by atoms with E-state index in [0.717, 1.165) is 56.1 Å². The molecule has 0 radical (unpaired) electrons. The first-order valence-corrected chi connectivity index (χ1v) is 21.2. The van der Waals surface area contributed by atoms with Crippen molar-refractivity contribution in [2.45, 2.75) is 177 Å². The van der Waals surface area contributed by atoms with Crippen molar-refractivity contribution >= 4 is 41.9 Å². The Kier molecular flexibility index (Phi) is 11.0. The summed E-state index contributed by atoms with van der Waals surface area (Å²) >= 11 is 0. The number of allylic oxidation sites excluding steroid dienone is 1. The number of ether oxygens (including phenoxy) is 1. The van der Waals surface area contributed by atoms with E-state index in [1.165, 1.54) is 0 Å². The monoisotopic (exact) mass is 802 g/mol. The maximum absolute atomic E-state index is 14.2. The lowest BCUT2D eigenvalue weighted by atomic mass is 9.33. The summed E-state index contributed by atoms with van der Waals surface area (Å²) in [4.78, 5) is 66.5. The zero-order valence-corrected chi connectivity index (χ0v) is 37.3. The van der Waals surface area contributed by atoms with E-state index in [1.807, 2.05) is 13.8 Å². The third kappa shape index (κ3) is 6.39. The molecule has 6 rings (SSSR count). The van der Waals surface area contributed by atoms with Crippen LogP contribution < -0.4 is 16.4 Å². The first-order valence-electron chi connectivity index (χ1n) is 21.2. The van der Waals surface area contributed by atoms with Gasteiger partial charge in [-0.3, -0.25) is 24.0 Å². The van der Waals surface area contributed by atoms with Crippen LogP contribution in [0.15, 0.2) is 11.1 Å². The molecule has 0 heterocycles. The van der Waals surface area contributed by atoms with Crippen LogP contribution in [0.2, 0.25) is 0 Å². The number of hydrogen-bond acceptors (Lipinski definition) is 7. The van der Waals surface area contributed by atoms with Crippen molar-refractivity contribution in [3.63, 3.8) is 0 Å². The number of carbonyl (C=O) groups is 5. The van der Waals surface area contributed by atoms with Crippen LogP contribution in [-0.2, 0) is 28.7 Å². The van der Waals surface area contributed by atoms with Gasteiger partial charge in [-0.1, -0.05) is 62.3 Å². The number of carbonyl (C=O) groups excluding carboxylic acids is 4. The number of carboxylic acid groups (broad SMARTS) is 1. The maximum Gasteiger partial charge on any atom is 0.309 e. The molecule has 6 aliphatic carbocycles. The van der Waals surface area contributed by atoms with E-state index >= 15 is 0 Å². The van der Waals surface area contributed by atoms with Gasteiger partial charge in [0.25, 0.3) is 0 Å². The Balaban J connectivity index is 0.00000600. The van der Waals surface area contributed by atoms with Crippen LogP contribution in [-0.4, -0.2) is 57.4 Å². The molecule has 5 fully saturated rings. The van der Waals surface area contributed by atoms with Gasteiger partial charge in [0.1, 0.15) is 11.6 Å². The van der Waals surface area contributed by atoms with Crippen molar-refractivity contribution in [3.8, 4) is 0 Å². The second-order valence-corrected chi connectivity index (χ2v) is 22.3. The molecule has 5 saturated carbocycles. The van der Waals surface area contributed by atoms with E-state index < -0.39 is 45.7 Å². The smallest absolute Gasteiger partial charge is 0.309 e. The van der Waals surface area contributed by atoms with Crippen LogP contribution in [0.25, 0.3) is 0 Å². The molecule has 10 nitrogen and oxygen atoms in total. The van der Waals surface area contributed by atoms with Gasteiger partial charge < -0.3 is 26.2 Å². The third-order valence-corrected chi connectivity index (χ3v) is 17.4. The second kappa shape index (κ2) is 13.8. The molecule has 0 saturated heterocycles. The molecule has 316 valence electrons. The Morgan fingerprint density at radius 1 is 0.804 bits per heavy atom. The van der Waals surface area contributed by atoms with Gasteiger partial charge in [-0.05, 0) is 142 Å². The summed E-state index contributed by atoms with van der Waals surface area (Å²) < 4.78 is 6.40. The number of aliphatic carboxylic acids is 1. The Morgan fingerprint density at radius 3 is 1.98 bits per heavy atom. The fraction of sp³-hybridized carbons (Fsp3) is 0.844. The summed E-state index contributed by atoms with van der Waals surface area (Å²) in [5.41, 5.74) is 3.97. The summed E-state index contributed by atoms with van der Waals surface area (Å²) in [6.07, 6.45) is 7.69. The fourth-order valence-electron chi connectivity index (χ4n) is 13.8. The van der Waals surface area contributed by atoms with Gasteiger partial charge in [0.2, 0.25) is 11.8 Å². The lowest BCUT2D eigenvalue weighted by molar-refractivity contribution is -0.235. The van der Waals surface area contributed by atoms with E-state index in [4.69, 9.17) is 10.5 Å². The molecule has 0 spiro atoms. The molecule has 10 atom stereocenters. The van der Waals surface area contributed by atoms with Gasteiger partial charge in [-0.25, -0.2) is 0 Å². The number of esters is 1. The molecule has 56 heavy (non-hydrogen) atoms. The number of amides is 2. The molecule has 0 aromatic carbocycles. The molecule has 6 aliphatic rings. The first kappa shape index (κ1) is 44.6. The van der Waals surface area contributed by atoms with Crippen LogP contribution in [0.5, 0.6) is 0 Å². The Bertz CT molecular complexity index is 1710. The van der Waals surface area contributed by atoms with Crippen molar-refractivity contribution in [2.75, 3.05) is 0 Å². The van der Waals surface area contributed by atoms with Crippen LogP contribution >= 0.6 is 12.4 Å². The number of nitrogens with two attached hydrogens (primary N) is 1. The predicted molar refractivity (Wildman–Crippen MR) is 218 cm³/mol. The number of halogens is 1. The van der Waals surface area contributed by atoms with Crippen molar-refractivity contribution in [1.29, 1.82) is 0 Å². The minimum Gasteiger partial charge on any atom is -0.481 e. The predicted octanol–water partition coefficient (Wildman–Crippen LogP) is 7.55. The standard InChI is InChI=1S/C45H71N3O7.ClH/c1-24(2)32-28(49)23-45(48-37(54)41(9,10)47-36(53)40(7,8)46)21-20-43(12)25(33(32)45)14-15-30-42(11)18-17-31(39(5,6)29(42)16-19-44(30,43)13)55-35(52)27-22-26(34(50)51)38(27,3)4;/h24-27,29-31H,14-23,46H2,1-13H3,(H,47,53)(H,48,54)(H,50,51);1H/t25-,26+,27-,29+,30-,31+,42+,43-,44-,45-;/m1./s1. The molecule has 0 aromatic rings. The van der Waals surface area contributed by atoms with Gasteiger partial charge in [-0.15, -0.1) is 12.4 Å². The van der Waals surface area contributed by atoms with Crippen molar-refractivity contribution < 1.29 is 33.8 Å². The molecule has 5 N–H and O–H groups in total. The number of fused-ring (bicyclic) bond motifs is 7. The highest BCUT2D eigenvalue weighted by atomic mass is 35.5. The van der Waals surface area contributed by atoms with Gasteiger partial charge in [0.05, 0.1) is 22.9 Å². The lowest BCUT2D eigenvalue weighted by Gasteiger charge is -2.72. The Hall–Kier alpha value is -2.46. The molecule has 0 bridgehead atoms. The normalized spacial score (nSPS) is 39.8. The number of ketones is 1. The van der Waals surface area contributed by atoms with Crippen LogP contribution in [0.1, 0.15) is 154 Å². The second-order valence-electron chi connectivity index (χ2n) is 22.3. The van der Waals surface area contributed by atoms with E-state index in [2.05, 4.69) is 59.1 Å². The first-order chi connectivity index (χ1) is 25.0. The van der Waals surface area contributed by atoms with Crippen molar-refractivity contribution in [2.24, 2.45) is 68.3 Å². The number of carboxylic acids is 1. The largest absolute Gasteiger partial charge is 0.481 e. The highest BCUT2D eigenvalue weighted by Gasteiger charge is 2.71.